The topological polar surface area (TPSA) is 91.4 Å². The van der Waals surface area contributed by atoms with Gasteiger partial charge in [-0.1, -0.05) is 0 Å². The van der Waals surface area contributed by atoms with Gasteiger partial charge in [0.2, 0.25) is 0 Å². The summed E-state index contributed by atoms with van der Waals surface area (Å²) < 4.78 is 10.6. The van der Waals surface area contributed by atoms with Crippen molar-refractivity contribution in [3.63, 3.8) is 0 Å². The first-order valence-corrected chi connectivity index (χ1v) is 5.52. The van der Waals surface area contributed by atoms with Crippen molar-refractivity contribution in [1.29, 1.82) is 0 Å². The van der Waals surface area contributed by atoms with Crippen LogP contribution in [0.1, 0.15) is 0 Å². The minimum absolute atomic E-state index is 0.577. The highest BCUT2D eigenvalue weighted by atomic mass is 16.6. The van der Waals surface area contributed by atoms with Crippen LogP contribution < -0.4 is 5.32 Å². The Balaban J connectivity index is 2.72. The normalized spacial score (nSPS) is 34.8. The smallest absolute Gasteiger partial charge is 0.330 e. The van der Waals surface area contributed by atoms with Crippen molar-refractivity contribution in [3.8, 4) is 0 Å². The van der Waals surface area contributed by atoms with Crippen LogP contribution in [-0.2, 0) is 14.3 Å². The van der Waals surface area contributed by atoms with E-state index in [-0.39, 0.29) is 0 Å². The molecule has 0 radical (unpaired) electrons. The van der Waals surface area contributed by atoms with Gasteiger partial charge in [-0.25, -0.2) is 9.59 Å². The number of carbonyl (C=O) groups is 3. The Labute approximate surface area is 110 Å². The molecule has 0 aromatic carbocycles. The molecule has 0 spiro atoms. The lowest BCUT2D eigenvalue weighted by atomic mass is 10.0. The number of nitrogens with one attached hydrogen (secondary N) is 1. The first kappa shape index (κ1) is 13.6. The molecule has 9 heteroatoms. The maximum atomic E-state index is 12.5. The van der Waals surface area contributed by atoms with Crippen LogP contribution in [0, 0.1) is 0 Å². The largest absolute Gasteiger partial charge is 0.345 e. The van der Waals surface area contributed by atoms with Crippen molar-refractivity contribution in [2.45, 2.75) is 11.6 Å². The molecule has 0 saturated carbocycles. The molecule has 0 aromatic heterocycles. The number of amides is 5. The van der Waals surface area contributed by atoms with Crippen molar-refractivity contribution in [3.05, 3.63) is 0 Å². The molecule has 9 nitrogen and oxygen atoms in total. The summed E-state index contributed by atoms with van der Waals surface area (Å²) >= 11 is 0. The second kappa shape index (κ2) is 3.81. The predicted octanol–water partition coefficient (Wildman–Crippen LogP) is -1.19. The third kappa shape index (κ3) is 1.19. The molecule has 1 N–H and O–H groups in total. The van der Waals surface area contributed by atoms with E-state index in [2.05, 4.69) is 5.32 Å². The van der Waals surface area contributed by atoms with E-state index in [1.54, 1.807) is 0 Å². The highest BCUT2D eigenvalue weighted by Crippen LogP contribution is 2.42. The highest BCUT2D eigenvalue weighted by molar-refractivity contribution is 6.06. The van der Waals surface area contributed by atoms with E-state index in [1.165, 1.54) is 35.4 Å². The molecule has 2 aliphatic rings. The molecular formula is C10H16N4O5. The minimum atomic E-state index is -1.77. The van der Waals surface area contributed by atoms with Crippen LogP contribution in [0.15, 0.2) is 0 Å². The van der Waals surface area contributed by atoms with Gasteiger partial charge in [0.1, 0.15) is 0 Å². The van der Waals surface area contributed by atoms with Gasteiger partial charge in [-0.2, -0.15) is 0 Å². The number of ether oxygens (including phenoxy) is 2. The monoisotopic (exact) mass is 272 g/mol. The number of urea groups is 2. The molecule has 0 bridgehead atoms. The average Bonchev–Trinajstić information content (AvgIpc) is 2.64. The fourth-order valence-corrected chi connectivity index (χ4v) is 2.65. The lowest BCUT2D eigenvalue weighted by Gasteiger charge is -2.51. The van der Waals surface area contributed by atoms with Gasteiger partial charge >= 0.3 is 12.1 Å². The maximum absolute atomic E-state index is 12.5. The van der Waals surface area contributed by atoms with Crippen LogP contribution in [-0.4, -0.2) is 79.6 Å². The van der Waals surface area contributed by atoms with Crippen LogP contribution in [0.2, 0.25) is 0 Å². The van der Waals surface area contributed by atoms with Crippen molar-refractivity contribution in [2.24, 2.45) is 0 Å². The van der Waals surface area contributed by atoms with E-state index in [4.69, 9.17) is 9.47 Å². The van der Waals surface area contributed by atoms with Gasteiger partial charge in [-0.15, -0.1) is 0 Å². The molecule has 106 valence electrons. The summed E-state index contributed by atoms with van der Waals surface area (Å²) in [6, 6.07) is -1.18. The predicted molar refractivity (Wildman–Crippen MR) is 61.7 cm³/mol. The maximum Gasteiger partial charge on any atom is 0.330 e. The summed E-state index contributed by atoms with van der Waals surface area (Å²) in [5, 5.41) is 2.49. The summed E-state index contributed by atoms with van der Waals surface area (Å²) in [4.78, 5) is 39.5. The van der Waals surface area contributed by atoms with E-state index in [0.717, 1.165) is 14.7 Å². The number of imide groups is 1. The second-order valence-electron chi connectivity index (χ2n) is 4.39. The lowest BCUT2D eigenvalue weighted by molar-refractivity contribution is -0.272. The van der Waals surface area contributed by atoms with Crippen molar-refractivity contribution in [1.82, 2.24) is 20.0 Å². The quantitative estimate of drug-likeness (QED) is 0.682. The second-order valence-corrected chi connectivity index (χ2v) is 4.39. The fourth-order valence-electron chi connectivity index (χ4n) is 2.65. The first-order chi connectivity index (χ1) is 8.80. The molecule has 2 heterocycles. The molecule has 0 aliphatic carbocycles. The Bertz CT molecular complexity index is 469. The molecule has 0 unspecified atom stereocenters. The Morgan fingerprint density at radius 2 is 1.58 bits per heavy atom. The molecule has 2 saturated heterocycles. The Morgan fingerprint density at radius 3 is 2.05 bits per heavy atom. The van der Waals surface area contributed by atoms with E-state index >= 15 is 0 Å². The standard InChI is InChI=1S/C10H16N4O5/c1-12-6(15)9(18-4)10(19-5,14(3)8(12)17)11-7(16)13(9)2/h1-5H3,(H,11,16)/t9-,10-/m1/s1. The van der Waals surface area contributed by atoms with E-state index in [1.807, 2.05) is 0 Å². The lowest BCUT2D eigenvalue weighted by Crippen LogP contribution is -2.81. The first-order valence-electron chi connectivity index (χ1n) is 5.52. The Morgan fingerprint density at radius 1 is 1.00 bits per heavy atom. The van der Waals surface area contributed by atoms with Gasteiger partial charge in [0.25, 0.3) is 17.5 Å². The van der Waals surface area contributed by atoms with Crippen molar-refractivity contribution in [2.75, 3.05) is 35.4 Å². The SMILES string of the molecule is CO[C@@]12NC(=O)N(C)[C@@]1(OC)C(=O)N(C)C(=O)N2C. The summed E-state index contributed by atoms with van der Waals surface area (Å²) in [6.45, 7) is 0. The number of likely N-dealkylation sites (N-methyl/N-ethyl adjacent to an activating group) is 3. The zero-order valence-electron chi connectivity index (χ0n) is 11.4. The van der Waals surface area contributed by atoms with Crippen LogP contribution >= 0.6 is 0 Å². The molecular weight excluding hydrogens is 256 g/mol. The number of rotatable bonds is 2. The van der Waals surface area contributed by atoms with Crippen LogP contribution in [0.3, 0.4) is 0 Å². The summed E-state index contributed by atoms with van der Waals surface area (Å²) in [5.41, 5.74) is -1.77. The fraction of sp³-hybridized carbons (Fsp3) is 0.700. The summed E-state index contributed by atoms with van der Waals surface area (Å²) in [7, 11) is 6.70. The van der Waals surface area contributed by atoms with Crippen LogP contribution in [0.25, 0.3) is 0 Å². The number of carbonyl (C=O) groups excluding carboxylic acids is 3. The van der Waals surface area contributed by atoms with Gasteiger partial charge < -0.3 is 9.47 Å². The number of methoxy groups -OCH3 is 2. The zero-order valence-corrected chi connectivity index (χ0v) is 11.4. The van der Waals surface area contributed by atoms with E-state index < -0.39 is 29.5 Å². The van der Waals surface area contributed by atoms with Gasteiger partial charge in [-0.05, 0) is 0 Å². The van der Waals surface area contributed by atoms with Crippen LogP contribution in [0.5, 0.6) is 0 Å². The minimum Gasteiger partial charge on any atom is -0.345 e. The van der Waals surface area contributed by atoms with E-state index in [9.17, 15) is 14.4 Å². The van der Waals surface area contributed by atoms with Crippen molar-refractivity contribution < 1.29 is 23.9 Å². The molecule has 2 rings (SSSR count). The van der Waals surface area contributed by atoms with Gasteiger partial charge in [0.05, 0.1) is 0 Å². The molecule has 0 aromatic rings. The number of hydrogen-bond acceptors (Lipinski definition) is 5. The Kier molecular flexibility index (Phi) is 2.72. The zero-order chi connectivity index (χ0) is 14.6. The Hall–Kier alpha value is -1.87. The molecule has 19 heavy (non-hydrogen) atoms. The van der Waals surface area contributed by atoms with Gasteiger partial charge in [0.15, 0.2) is 0 Å². The highest BCUT2D eigenvalue weighted by Gasteiger charge is 2.75. The van der Waals surface area contributed by atoms with Crippen molar-refractivity contribution >= 4 is 18.0 Å². The molecule has 5 amide bonds. The number of fused-ring (bicyclic) bond motifs is 1. The molecule has 2 atom stereocenters. The van der Waals surface area contributed by atoms with Gasteiger partial charge in [-0.3, -0.25) is 24.8 Å². The van der Waals surface area contributed by atoms with Crippen LogP contribution in [0.4, 0.5) is 9.59 Å². The summed E-state index contributed by atoms with van der Waals surface area (Å²) in [6.07, 6.45) is 0. The number of nitrogens with zero attached hydrogens (tertiary/aromatic N) is 3. The molecule has 2 aliphatic heterocycles. The third-order valence-electron chi connectivity index (χ3n) is 3.74. The van der Waals surface area contributed by atoms with Gasteiger partial charge in [0, 0.05) is 35.4 Å². The average molecular weight is 272 g/mol. The third-order valence-corrected chi connectivity index (χ3v) is 3.74. The van der Waals surface area contributed by atoms with E-state index in [0.29, 0.717) is 0 Å². The molecule has 2 fully saturated rings. The summed E-state index contributed by atoms with van der Waals surface area (Å²) in [5.74, 6) is -2.38. The number of hydrogen-bond donors (Lipinski definition) is 1.